The van der Waals surface area contributed by atoms with Crippen LogP contribution in [0.4, 0.5) is 14.9 Å². The van der Waals surface area contributed by atoms with Crippen molar-refractivity contribution in [3.05, 3.63) is 29.6 Å². The molecule has 0 atom stereocenters. The van der Waals surface area contributed by atoms with Crippen LogP contribution >= 0.6 is 12.2 Å². The minimum atomic E-state index is -0.757. The molecule has 6 heteroatoms. The van der Waals surface area contributed by atoms with Gasteiger partial charge in [0.1, 0.15) is 10.8 Å². The van der Waals surface area contributed by atoms with Crippen molar-refractivity contribution in [2.75, 3.05) is 5.32 Å². The second-order valence-corrected chi connectivity index (χ2v) is 2.99. The third kappa shape index (κ3) is 2.40. The fourth-order valence-corrected chi connectivity index (χ4v) is 1.10. The molecule has 1 aromatic rings. The highest BCUT2D eigenvalue weighted by molar-refractivity contribution is 7.80. The van der Waals surface area contributed by atoms with E-state index in [2.05, 4.69) is 17.5 Å². The van der Waals surface area contributed by atoms with Crippen molar-refractivity contribution in [1.29, 1.82) is 0 Å². The summed E-state index contributed by atoms with van der Waals surface area (Å²) < 4.78 is 13.2. The van der Waals surface area contributed by atoms with Gasteiger partial charge in [-0.2, -0.15) is 0 Å². The fraction of sp³-hybridized carbons (Fsp3) is 0. The number of amides is 2. The molecule has 0 aliphatic rings. The molecule has 14 heavy (non-hydrogen) atoms. The zero-order chi connectivity index (χ0) is 10.7. The highest BCUT2D eigenvalue weighted by Gasteiger charge is 2.06. The molecule has 0 bridgehead atoms. The van der Waals surface area contributed by atoms with E-state index < -0.39 is 11.8 Å². The number of nitrogens with two attached hydrogens (primary N) is 2. The highest BCUT2D eigenvalue weighted by atomic mass is 32.1. The number of hydrogen-bond donors (Lipinski definition) is 3. The van der Waals surface area contributed by atoms with E-state index in [0.717, 1.165) is 6.07 Å². The van der Waals surface area contributed by atoms with Crippen LogP contribution in [-0.4, -0.2) is 11.0 Å². The summed E-state index contributed by atoms with van der Waals surface area (Å²) in [7, 11) is 0. The van der Waals surface area contributed by atoms with Crippen LogP contribution < -0.4 is 16.8 Å². The maximum absolute atomic E-state index is 13.2. The molecule has 0 saturated carbocycles. The maximum Gasteiger partial charge on any atom is 0.316 e. The average molecular weight is 213 g/mol. The van der Waals surface area contributed by atoms with Crippen molar-refractivity contribution in [2.45, 2.75) is 0 Å². The van der Waals surface area contributed by atoms with E-state index in [9.17, 15) is 9.18 Å². The van der Waals surface area contributed by atoms with Crippen LogP contribution in [0.2, 0.25) is 0 Å². The van der Waals surface area contributed by atoms with Crippen LogP contribution in [0.1, 0.15) is 5.56 Å². The smallest absolute Gasteiger partial charge is 0.316 e. The molecule has 74 valence electrons. The van der Waals surface area contributed by atoms with Crippen LogP contribution in [0.5, 0.6) is 0 Å². The minimum absolute atomic E-state index is 0.0341. The first-order chi connectivity index (χ1) is 6.50. The van der Waals surface area contributed by atoms with Crippen LogP contribution in [0.15, 0.2) is 18.2 Å². The molecule has 0 saturated heterocycles. The van der Waals surface area contributed by atoms with E-state index in [0.29, 0.717) is 0 Å². The number of carbonyl (C=O) groups excluding carboxylic acids is 1. The summed E-state index contributed by atoms with van der Waals surface area (Å²) in [6, 6.07) is 3.18. The summed E-state index contributed by atoms with van der Waals surface area (Å²) in [4.78, 5) is 10.4. The molecule has 4 nitrogen and oxygen atoms in total. The van der Waals surface area contributed by atoms with E-state index in [1.807, 2.05) is 0 Å². The van der Waals surface area contributed by atoms with Crippen molar-refractivity contribution < 1.29 is 9.18 Å². The van der Waals surface area contributed by atoms with Gasteiger partial charge in [-0.05, 0) is 18.2 Å². The van der Waals surface area contributed by atoms with Crippen molar-refractivity contribution in [3.63, 3.8) is 0 Å². The van der Waals surface area contributed by atoms with Gasteiger partial charge in [-0.25, -0.2) is 9.18 Å². The van der Waals surface area contributed by atoms with Gasteiger partial charge in [0.25, 0.3) is 0 Å². The van der Waals surface area contributed by atoms with Crippen LogP contribution in [0.25, 0.3) is 0 Å². The number of rotatable bonds is 2. The molecule has 0 aliphatic heterocycles. The van der Waals surface area contributed by atoms with Gasteiger partial charge in [-0.3, -0.25) is 0 Å². The molecule has 0 heterocycles. The lowest BCUT2D eigenvalue weighted by Gasteiger charge is -2.04. The van der Waals surface area contributed by atoms with Crippen LogP contribution in [-0.2, 0) is 0 Å². The topological polar surface area (TPSA) is 81.1 Å². The number of primary amides is 1. The molecule has 0 fully saturated rings. The number of hydrogen-bond acceptors (Lipinski definition) is 2. The Morgan fingerprint density at radius 3 is 2.50 bits per heavy atom. The van der Waals surface area contributed by atoms with Gasteiger partial charge in [0.05, 0.1) is 0 Å². The summed E-state index contributed by atoms with van der Waals surface area (Å²) in [6.07, 6.45) is 0. The Labute approximate surface area is 85.1 Å². The molecule has 0 spiro atoms. The summed E-state index contributed by atoms with van der Waals surface area (Å²) in [6.45, 7) is 0. The Kier molecular flexibility index (Phi) is 2.98. The number of halogens is 1. The maximum atomic E-state index is 13.2. The summed E-state index contributed by atoms with van der Waals surface area (Å²) >= 11 is 4.61. The number of anilines is 1. The predicted molar refractivity (Wildman–Crippen MR) is 55.5 cm³/mol. The molecule has 5 N–H and O–H groups in total. The van der Waals surface area contributed by atoms with Gasteiger partial charge in [-0.15, -0.1) is 0 Å². The lowest BCUT2D eigenvalue weighted by Crippen LogP contribution is -2.19. The monoisotopic (exact) mass is 213 g/mol. The van der Waals surface area contributed by atoms with Crippen molar-refractivity contribution in [3.8, 4) is 0 Å². The third-order valence-corrected chi connectivity index (χ3v) is 1.72. The van der Waals surface area contributed by atoms with E-state index in [4.69, 9.17) is 11.5 Å². The molecular weight excluding hydrogens is 205 g/mol. The van der Waals surface area contributed by atoms with Gasteiger partial charge < -0.3 is 16.8 Å². The third-order valence-electron chi connectivity index (χ3n) is 1.50. The second-order valence-electron chi connectivity index (χ2n) is 2.55. The Morgan fingerprint density at radius 2 is 2.07 bits per heavy atom. The molecule has 0 radical (unpaired) electrons. The molecule has 1 aromatic carbocycles. The largest absolute Gasteiger partial charge is 0.389 e. The second kappa shape index (κ2) is 4.01. The van der Waals surface area contributed by atoms with Gasteiger partial charge in [0, 0.05) is 11.3 Å². The summed E-state index contributed by atoms with van der Waals surface area (Å²) in [5, 5.41) is 2.23. The standard InChI is InChI=1S/C8H8FN3OS/c9-6-3-4(12-8(11)13)1-2-5(6)7(10)14/h1-3H,(H2,10,14)(H3,11,12,13). The number of carbonyl (C=O) groups is 1. The van der Waals surface area contributed by atoms with Gasteiger partial charge in [0.15, 0.2) is 0 Å². The summed E-state index contributed by atoms with van der Waals surface area (Å²) in [5.41, 5.74) is 10.5. The first-order valence-electron chi connectivity index (χ1n) is 3.66. The molecular formula is C8H8FN3OS. The van der Waals surface area contributed by atoms with Gasteiger partial charge in [-0.1, -0.05) is 12.2 Å². The Morgan fingerprint density at radius 1 is 1.43 bits per heavy atom. The normalized spacial score (nSPS) is 9.50. The van der Waals surface area contributed by atoms with E-state index >= 15 is 0 Å². The van der Waals surface area contributed by atoms with E-state index in [-0.39, 0.29) is 16.2 Å². The molecule has 0 aliphatic carbocycles. The number of urea groups is 1. The van der Waals surface area contributed by atoms with Gasteiger partial charge >= 0.3 is 6.03 Å². The zero-order valence-electron chi connectivity index (χ0n) is 7.08. The molecule has 1 rings (SSSR count). The van der Waals surface area contributed by atoms with Crippen LogP contribution in [0, 0.1) is 5.82 Å². The predicted octanol–water partition coefficient (Wildman–Crippen LogP) is 0.951. The average Bonchev–Trinajstić information content (AvgIpc) is 2.01. The number of thiocarbonyl (C=S) groups is 1. The number of nitrogens with one attached hydrogen (secondary N) is 1. The van der Waals surface area contributed by atoms with Crippen molar-refractivity contribution in [2.24, 2.45) is 11.5 Å². The van der Waals surface area contributed by atoms with Crippen LogP contribution in [0.3, 0.4) is 0 Å². The Balaban J connectivity index is 3.00. The lowest BCUT2D eigenvalue weighted by atomic mass is 10.2. The molecule has 0 unspecified atom stereocenters. The first-order valence-corrected chi connectivity index (χ1v) is 4.07. The van der Waals surface area contributed by atoms with Crippen molar-refractivity contribution >= 4 is 28.9 Å². The Hall–Kier alpha value is -1.69. The SMILES string of the molecule is NC(=O)Nc1ccc(C(N)=S)c(F)c1. The first kappa shape index (κ1) is 10.4. The fourth-order valence-electron chi connectivity index (χ4n) is 0.935. The zero-order valence-corrected chi connectivity index (χ0v) is 7.90. The highest BCUT2D eigenvalue weighted by Crippen LogP contribution is 2.14. The number of benzene rings is 1. The lowest BCUT2D eigenvalue weighted by molar-refractivity contribution is 0.259. The molecule has 2 amide bonds. The Bertz CT molecular complexity index is 394. The summed E-state index contributed by atoms with van der Waals surface area (Å²) in [5.74, 6) is -0.594. The van der Waals surface area contributed by atoms with Gasteiger partial charge in [0.2, 0.25) is 0 Å². The molecule has 0 aromatic heterocycles. The minimum Gasteiger partial charge on any atom is -0.389 e. The quantitative estimate of drug-likeness (QED) is 0.640. The van der Waals surface area contributed by atoms with E-state index in [1.54, 1.807) is 0 Å². The van der Waals surface area contributed by atoms with Crippen molar-refractivity contribution in [1.82, 2.24) is 0 Å². The van der Waals surface area contributed by atoms with E-state index in [1.165, 1.54) is 12.1 Å².